The van der Waals surface area contributed by atoms with Crippen molar-refractivity contribution in [1.29, 1.82) is 0 Å². The van der Waals surface area contributed by atoms with Crippen LogP contribution in [0, 0.1) is 5.92 Å². The number of piperidine rings is 1. The van der Waals surface area contributed by atoms with Crippen LogP contribution in [-0.2, 0) is 24.3 Å². The van der Waals surface area contributed by atoms with E-state index in [0.29, 0.717) is 42.4 Å². The third kappa shape index (κ3) is 4.35. The maximum Gasteiger partial charge on any atom is 0.308 e. The van der Waals surface area contributed by atoms with E-state index in [9.17, 15) is 18.0 Å². The molecule has 2 aliphatic rings. The van der Waals surface area contributed by atoms with Crippen LogP contribution in [0.25, 0.3) is 0 Å². The number of sulfonamides is 1. The van der Waals surface area contributed by atoms with Crippen LogP contribution in [-0.4, -0.2) is 64.3 Å². The summed E-state index contributed by atoms with van der Waals surface area (Å²) in [7, 11) is -2.20. The summed E-state index contributed by atoms with van der Waals surface area (Å²) in [4.78, 5) is 26.3. The van der Waals surface area contributed by atoms with Crippen molar-refractivity contribution < 1.29 is 27.5 Å². The van der Waals surface area contributed by atoms with Gasteiger partial charge in [0, 0.05) is 31.1 Å². The van der Waals surface area contributed by atoms with Gasteiger partial charge in [-0.05, 0) is 31.0 Å². The van der Waals surface area contributed by atoms with Gasteiger partial charge in [-0.3, -0.25) is 13.9 Å². The highest BCUT2D eigenvalue weighted by Crippen LogP contribution is 2.36. The van der Waals surface area contributed by atoms with Gasteiger partial charge in [-0.1, -0.05) is 11.6 Å². The zero-order valence-electron chi connectivity index (χ0n) is 15.8. The number of esters is 1. The SMILES string of the molecule is COC(=O)C1CCN(C(=O)C2CCN(S(C)(=O)=O)c3cc(Cl)ccc3O2)CC1. The van der Waals surface area contributed by atoms with Crippen molar-refractivity contribution in [2.24, 2.45) is 5.92 Å². The number of benzene rings is 1. The lowest BCUT2D eigenvalue weighted by atomic mass is 9.96. The van der Waals surface area contributed by atoms with Gasteiger partial charge in [0.1, 0.15) is 5.75 Å². The molecule has 154 valence electrons. The fourth-order valence-corrected chi connectivity index (χ4v) is 4.68. The van der Waals surface area contributed by atoms with E-state index >= 15 is 0 Å². The highest BCUT2D eigenvalue weighted by Gasteiger charge is 2.35. The van der Waals surface area contributed by atoms with Crippen LogP contribution >= 0.6 is 11.6 Å². The molecular weight excluding hydrogens is 408 g/mol. The number of likely N-dealkylation sites (tertiary alicyclic amines) is 1. The molecule has 8 nitrogen and oxygen atoms in total. The molecule has 2 heterocycles. The average molecular weight is 431 g/mol. The number of fused-ring (bicyclic) bond motifs is 1. The van der Waals surface area contributed by atoms with Crippen molar-refractivity contribution in [1.82, 2.24) is 4.90 Å². The topological polar surface area (TPSA) is 93.2 Å². The van der Waals surface area contributed by atoms with Gasteiger partial charge in [0.2, 0.25) is 10.0 Å². The van der Waals surface area contributed by atoms with Crippen LogP contribution in [0.15, 0.2) is 18.2 Å². The van der Waals surface area contributed by atoms with Crippen molar-refractivity contribution in [3.05, 3.63) is 23.2 Å². The summed E-state index contributed by atoms with van der Waals surface area (Å²) in [6, 6.07) is 4.69. The Labute approximate surface area is 169 Å². The zero-order valence-corrected chi connectivity index (χ0v) is 17.3. The van der Waals surface area contributed by atoms with E-state index in [1.165, 1.54) is 17.5 Å². The zero-order chi connectivity index (χ0) is 20.5. The molecule has 0 radical (unpaired) electrons. The third-order valence-electron chi connectivity index (χ3n) is 5.07. The average Bonchev–Trinajstić information content (AvgIpc) is 2.86. The molecule has 1 unspecified atom stereocenters. The molecule has 0 aromatic heterocycles. The summed E-state index contributed by atoms with van der Waals surface area (Å²) >= 11 is 6.03. The molecule has 0 spiro atoms. The number of methoxy groups -OCH3 is 1. The monoisotopic (exact) mass is 430 g/mol. The lowest BCUT2D eigenvalue weighted by Gasteiger charge is -2.32. The Bertz CT molecular complexity index is 867. The minimum Gasteiger partial charge on any atom is -0.478 e. The van der Waals surface area contributed by atoms with Crippen LogP contribution in [0.3, 0.4) is 0 Å². The molecule has 0 saturated carbocycles. The summed E-state index contributed by atoms with van der Waals surface area (Å²) in [6.07, 6.45) is 1.59. The number of amides is 1. The molecule has 1 saturated heterocycles. The summed E-state index contributed by atoms with van der Waals surface area (Å²) in [5.41, 5.74) is 0.328. The first kappa shape index (κ1) is 20.7. The molecule has 2 aliphatic heterocycles. The van der Waals surface area contributed by atoms with Crippen molar-refractivity contribution in [2.75, 3.05) is 37.3 Å². The second-order valence-electron chi connectivity index (χ2n) is 6.97. The fourth-order valence-electron chi connectivity index (χ4n) is 3.58. The molecule has 1 aromatic rings. The van der Waals surface area contributed by atoms with E-state index < -0.39 is 16.1 Å². The molecule has 0 aliphatic carbocycles. The predicted molar refractivity (Wildman–Crippen MR) is 104 cm³/mol. The lowest BCUT2D eigenvalue weighted by molar-refractivity contribution is -0.150. The summed E-state index contributed by atoms with van der Waals surface area (Å²) in [6.45, 7) is 0.977. The molecule has 10 heteroatoms. The Kier molecular flexibility index (Phi) is 6.04. The summed E-state index contributed by atoms with van der Waals surface area (Å²) in [5, 5.41) is 0.380. The smallest absolute Gasteiger partial charge is 0.308 e. The van der Waals surface area contributed by atoms with E-state index in [1.54, 1.807) is 17.0 Å². The number of carbonyl (C=O) groups is 2. The number of rotatable bonds is 3. The first-order valence-corrected chi connectivity index (χ1v) is 11.2. The van der Waals surface area contributed by atoms with Gasteiger partial charge >= 0.3 is 5.97 Å². The van der Waals surface area contributed by atoms with E-state index in [0.717, 1.165) is 6.26 Å². The van der Waals surface area contributed by atoms with E-state index in [4.69, 9.17) is 21.1 Å². The van der Waals surface area contributed by atoms with Crippen molar-refractivity contribution in [2.45, 2.75) is 25.4 Å². The van der Waals surface area contributed by atoms with Crippen LogP contribution in [0.4, 0.5) is 5.69 Å². The molecule has 1 atom stereocenters. The maximum absolute atomic E-state index is 13.0. The lowest BCUT2D eigenvalue weighted by Crippen LogP contribution is -2.47. The minimum atomic E-state index is -3.55. The van der Waals surface area contributed by atoms with Gasteiger partial charge in [0.05, 0.1) is 25.0 Å². The number of nitrogens with zero attached hydrogens (tertiary/aromatic N) is 2. The first-order chi connectivity index (χ1) is 13.2. The second kappa shape index (κ2) is 8.16. The summed E-state index contributed by atoms with van der Waals surface area (Å²) < 4.78 is 36.3. The number of hydrogen-bond acceptors (Lipinski definition) is 6. The molecular formula is C18H23ClN2O6S. The van der Waals surface area contributed by atoms with E-state index in [-0.39, 0.29) is 30.8 Å². The van der Waals surface area contributed by atoms with E-state index in [2.05, 4.69) is 0 Å². The van der Waals surface area contributed by atoms with Crippen LogP contribution in [0.5, 0.6) is 5.75 Å². The Hall–Kier alpha value is -2.00. The van der Waals surface area contributed by atoms with Crippen LogP contribution in [0.2, 0.25) is 5.02 Å². The Morgan fingerprint density at radius 1 is 1.18 bits per heavy atom. The van der Waals surface area contributed by atoms with Gasteiger partial charge in [0.25, 0.3) is 5.91 Å². The molecule has 0 bridgehead atoms. The highest BCUT2D eigenvalue weighted by molar-refractivity contribution is 7.92. The number of anilines is 1. The van der Waals surface area contributed by atoms with Crippen molar-refractivity contribution >= 4 is 39.2 Å². The number of carbonyl (C=O) groups excluding carboxylic acids is 2. The molecule has 1 aromatic carbocycles. The van der Waals surface area contributed by atoms with Crippen LogP contribution < -0.4 is 9.04 Å². The molecule has 3 rings (SSSR count). The Balaban J connectivity index is 1.77. The quantitative estimate of drug-likeness (QED) is 0.677. The Morgan fingerprint density at radius 2 is 1.86 bits per heavy atom. The van der Waals surface area contributed by atoms with Gasteiger partial charge in [-0.2, -0.15) is 0 Å². The largest absolute Gasteiger partial charge is 0.478 e. The van der Waals surface area contributed by atoms with Crippen molar-refractivity contribution in [3.63, 3.8) is 0 Å². The van der Waals surface area contributed by atoms with Gasteiger partial charge in [-0.25, -0.2) is 8.42 Å². The molecule has 0 N–H and O–H groups in total. The maximum atomic E-state index is 13.0. The first-order valence-electron chi connectivity index (χ1n) is 9.01. The molecule has 1 fully saturated rings. The fraction of sp³-hybridized carbons (Fsp3) is 0.556. The second-order valence-corrected chi connectivity index (χ2v) is 9.31. The van der Waals surface area contributed by atoms with E-state index in [1.807, 2.05) is 0 Å². The van der Waals surface area contributed by atoms with Gasteiger partial charge in [0.15, 0.2) is 6.10 Å². The standard InChI is InChI=1S/C18H23ClN2O6S/c1-26-18(23)12-5-8-20(9-6-12)17(22)16-7-10-21(28(2,24)25)14-11-13(19)3-4-15(14)27-16/h3-4,11-12,16H,5-10H2,1-2H3. The predicted octanol–water partition coefficient (Wildman–Crippen LogP) is 1.67. The van der Waals surface area contributed by atoms with Gasteiger partial charge < -0.3 is 14.4 Å². The van der Waals surface area contributed by atoms with Crippen molar-refractivity contribution in [3.8, 4) is 5.75 Å². The highest BCUT2D eigenvalue weighted by atomic mass is 35.5. The number of ether oxygens (including phenoxy) is 2. The molecule has 28 heavy (non-hydrogen) atoms. The van der Waals surface area contributed by atoms with Crippen LogP contribution in [0.1, 0.15) is 19.3 Å². The van der Waals surface area contributed by atoms with Gasteiger partial charge in [-0.15, -0.1) is 0 Å². The Morgan fingerprint density at radius 3 is 2.46 bits per heavy atom. The normalized spacial score (nSPS) is 20.8. The molecule has 1 amide bonds. The number of halogens is 1. The minimum absolute atomic E-state index is 0.112. The third-order valence-corrected chi connectivity index (χ3v) is 6.49. The summed E-state index contributed by atoms with van der Waals surface area (Å²) in [5.74, 6) is -0.366. The number of hydrogen-bond donors (Lipinski definition) is 0.